The monoisotopic (exact) mass is 286 g/mol. The summed E-state index contributed by atoms with van der Waals surface area (Å²) in [6.45, 7) is 6.08. The number of aromatic nitrogens is 1. The van der Waals surface area contributed by atoms with Crippen molar-refractivity contribution in [2.75, 3.05) is 13.2 Å². The SMILES string of the molecule is CC(C)NCCCc1ncc(-c2ccc3c(c2)CCO3)o1. The number of hydrogen-bond donors (Lipinski definition) is 1. The predicted octanol–water partition coefficient (Wildman–Crippen LogP) is 3.21. The molecule has 1 N–H and O–H groups in total. The van der Waals surface area contributed by atoms with Crippen LogP contribution in [0.1, 0.15) is 31.7 Å². The lowest BCUT2D eigenvalue weighted by atomic mass is 10.1. The lowest BCUT2D eigenvalue weighted by molar-refractivity contribution is 0.357. The van der Waals surface area contributed by atoms with Crippen LogP contribution in [-0.4, -0.2) is 24.2 Å². The standard InChI is InChI=1S/C17H22N2O2/c1-12(2)18-8-3-4-17-19-11-16(21-17)13-5-6-15-14(10-13)7-9-20-15/h5-6,10-12,18H,3-4,7-9H2,1-2H3. The largest absolute Gasteiger partial charge is 0.493 e. The van der Waals surface area contributed by atoms with E-state index in [4.69, 9.17) is 9.15 Å². The van der Waals surface area contributed by atoms with Crippen molar-refractivity contribution in [3.8, 4) is 17.1 Å². The highest BCUT2D eigenvalue weighted by molar-refractivity contribution is 5.60. The first-order valence-corrected chi connectivity index (χ1v) is 7.66. The average Bonchev–Trinajstić information content (AvgIpc) is 3.11. The van der Waals surface area contributed by atoms with Crippen LogP contribution in [0.3, 0.4) is 0 Å². The molecule has 3 rings (SSSR count). The maximum absolute atomic E-state index is 5.86. The van der Waals surface area contributed by atoms with Crippen molar-refractivity contribution < 1.29 is 9.15 Å². The molecule has 0 saturated carbocycles. The van der Waals surface area contributed by atoms with Crippen LogP contribution < -0.4 is 10.1 Å². The predicted molar refractivity (Wildman–Crippen MR) is 82.6 cm³/mol. The molecule has 0 bridgehead atoms. The van der Waals surface area contributed by atoms with E-state index < -0.39 is 0 Å². The van der Waals surface area contributed by atoms with Crippen LogP contribution in [0.25, 0.3) is 11.3 Å². The van der Waals surface area contributed by atoms with Crippen molar-refractivity contribution in [2.45, 2.75) is 39.2 Å². The molecular weight excluding hydrogens is 264 g/mol. The van der Waals surface area contributed by atoms with E-state index in [-0.39, 0.29) is 0 Å². The molecule has 0 atom stereocenters. The molecule has 0 spiro atoms. The van der Waals surface area contributed by atoms with Crippen LogP contribution in [0.2, 0.25) is 0 Å². The number of benzene rings is 1. The molecule has 1 aliphatic rings. The molecule has 0 radical (unpaired) electrons. The van der Waals surface area contributed by atoms with Gasteiger partial charge in [0.05, 0.1) is 12.8 Å². The fraction of sp³-hybridized carbons (Fsp3) is 0.471. The molecule has 0 aliphatic carbocycles. The van der Waals surface area contributed by atoms with Crippen LogP contribution in [0.15, 0.2) is 28.8 Å². The van der Waals surface area contributed by atoms with Gasteiger partial charge in [-0.1, -0.05) is 13.8 Å². The van der Waals surface area contributed by atoms with E-state index in [9.17, 15) is 0 Å². The zero-order chi connectivity index (χ0) is 14.7. The third-order valence-corrected chi connectivity index (χ3v) is 3.65. The van der Waals surface area contributed by atoms with E-state index in [1.165, 1.54) is 5.56 Å². The summed E-state index contributed by atoms with van der Waals surface area (Å²) in [5.41, 5.74) is 2.34. The third kappa shape index (κ3) is 3.45. The molecule has 1 aliphatic heterocycles. The van der Waals surface area contributed by atoms with Gasteiger partial charge < -0.3 is 14.5 Å². The van der Waals surface area contributed by atoms with Gasteiger partial charge in [-0.25, -0.2) is 4.98 Å². The minimum atomic E-state index is 0.527. The summed E-state index contributed by atoms with van der Waals surface area (Å²) in [4.78, 5) is 4.38. The second-order valence-electron chi connectivity index (χ2n) is 5.75. The summed E-state index contributed by atoms with van der Waals surface area (Å²) in [6.07, 6.45) is 4.71. The molecule has 2 aromatic rings. The van der Waals surface area contributed by atoms with Crippen molar-refractivity contribution in [3.63, 3.8) is 0 Å². The zero-order valence-electron chi connectivity index (χ0n) is 12.7. The van der Waals surface area contributed by atoms with Crippen LogP contribution >= 0.6 is 0 Å². The minimum absolute atomic E-state index is 0.527. The Bertz CT molecular complexity index is 605. The second-order valence-corrected chi connectivity index (χ2v) is 5.75. The smallest absolute Gasteiger partial charge is 0.194 e. The van der Waals surface area contributed by atoms with E-state index in [1.807, 2.05) is 18.3 Å². The molecule has 4 nitrogen and oxygen atoms in total. The molecule has 2 heterocycles. The maximum Gasteiger partial charge on any atom is 0.194 e. The van der Waals surface area contributed by atoms with E-state index in [2.05, 4.69) is 30.2 Å². The Labute approximate surface area is 125 Å². The highest BCUT2D eigenvalue weighted by atomic mass is 16.5. The Morgan fingerprint density at radius 2 is 2.24 bits per heavy atom. The van der Waals surface area contributed by atoms with Gasteiger partial charge in [0, 0.05) is 24.4 Å². The number of ether oxygens (including phenoxy) is 1. The average molecular weight is 286 g/mol. The van der Waals surface area contributed by atoms with Gasteiger partial charge in [-0.05, 0) is 36.7 Å². The van der Waals surface area contributed by atoms with Crippen molar-refractivity contribution in [2.24, 2.45) is 0 Å². The Kier molecular flexibility index (Phi) is 4.25. The Hall–Kier alpha value is -1.81. The number of nitrogens with one attached hydrogen (secondary N) is 1. The number of aryl methyl sites for hydroxylation is 1. The number of fused-ring (bicyclic) bond motifs is 1. The molecule has 1 aromatic heterocycles. The molecule has 1 aromatic carbocycles. The summed E-state index contributed by atoms with van der Waals surface area (Å²) < 4.78 is 11.4. The summed E-state index contributed by atoms with van der Waals surface area (Å²) in [5, 5.41) is 3.40. The van der Waals surface area contributed by atoms with E-state index in [1.54, 1.807) is 0 Å². The molecule has 112 valence electrons. The lowest BCUT2D eigenvalue weighted by Crippen LogP contribution is -2.23. The highest BCUT2D eigenvalue weighted by Gasteiger charge is 2.14. The third-order valence-electron chi connectivity index (χ3n) is 3.65. The van der Waals surface area contributed by atoms with Crippen LogP contribution in [0, 0.1) is 0 Å². The van der Waals surface area contributed by atoms with Crippen molar-refractivity contribution >= 4 is 0 Å². The summed E-state index contributed by atoms with van der Waals surface area (Å²) in [5.74, 6) is 2.65. The number of rotatable bonds is 6. The van der Waals surface area contributed by atoms with Gasteiger partial charge in [0.2, 0.25) is 0 Å². The van der Waals surface area contributed by atoms with Gasteiger partial charge >= 0.3 is 0 Å². The van der Waals surface area contributed by atoms with Crippen LogP contribution in [0.4, 0.5) is 0 Å². The minimum Gasteiger partial charge on any atom is -0.493 e. The van der Waals surface area contributed by atoms with Crippen LogP contribution in [-0.2, 0) is 12.8 Å². The molecule has 0 saturated heterocycles. The van der Waals surface area contributed by atoms with Crippen LogP contribution in [0.5, 0.6) is 5.75 Å². The van der Waals surface area contributed by atoms with Gasteiger partial charge in [0.1, 0.15) is 5.75 Å². The normalized spacial score (nSPS) is 13.5. The first-order valence-electron chi connectivity index (χ1n) is 7.66. The number of oxazole rings is 1. The maximum atomic E-state index is 5.86. The zero-order valence-corrected chi connectivity index (χ0v) is 12.7. The van der Waals surface area contributed by atoms with Gasteiger partial charge in [0.25, 0.3) is 0 Å². The van der Waals surface area contributed by atoms with Crippen molar-refractivity contribution in [1.82, 2.24) is 10.3 Å². The number of hydrogen-bond acceptors (Lipinski definition) is 4. The van der Waals surface area contributed by atoms with Gasteiger partial charge in [-0.15, -0.1) is 0 Å². The van der Waals surface area contributed by atoms with E-state index >= 15 is 0 Å². The fourth-order valence-electron chi connectivity index (χ4n) is 2.53. The number of nitrogens with zero attached hydrogens (tertiary/aromatic N) is 1. The van der Waals surface area contributed by atoms with Gasteiger partial charge in [-0.3, -0.25) is 0 Å². The molecule has 0 amide bonds. The van der Waals surface area contributed by atoms with Crippen molar-refractivity contribution in [3.05, 3.63) is 35.9 Å². The molecule has 0 fully saturated rings. The first kappa shape index (κ1) is 14.1. The quantitative estimate of drug-likeness (QED) is 0.828. The molecule has 21 heavy (non-hydrogen) atoms. The Morgan fingerprint density at radius 3 is 3.10 bits per heavy atom. The van der Waals surface area contributed by atoms with Gasteiger partial charge in [0.15, 0.2) is 11.7 Å². The molecule has 4 heteroatoms. The highest BCUT2D eigenvalue weighted by Crippen LogP contribution is 2.30. The van der Waals surface area contributed by atoms with E-state index in [0.717, 1.165) is 55.4 Å². The molecule has 0 unspecified atom stereocenters. The Morgan fingerprint density at radius 1 is 1.33 bits per heavy atom. The molecular formula is C17H22N2O2. The first-order chi connectivity index (χ1) is 10.2. The Balaban J connectivity index is 1.62. The lowest BCUT2D eigenvalue weighted by Gasteiger charge is -2.06. The van der Waals surface area contributed by atoms with E-state index in [0.29, 0.717) is 6.04 Å². The second kappa shape index (κ2) is 6.31. The summed E-state index contributed by atoms with van der Waals surface area (Å²) >= 11 is 0. The van der Waals surface area contributed by atoms with Gasteiger partial charge in [-0.2, -0.15) is 0 Å². The summed E-state index contributed by atoms with van der Waals surface area (Å²) in [7, 11) is 0. The summed E-state index contributed by atoms with van der Waals surface area (Å²) in [6, 6.07) is 6.73. The topological polar surface area (TPSA) is 47.3 Å². The van der Waals surface area contributed by atoms with Crippen molar-refractivity contribution in [1.29, 1.82) is 0 Å². The fourth-order valence-corrected chi connectivity index (χ4v) is 2.53.